The van der Waals surface area contributed by atoms with E-state index in [0.717, 1.165) is 34.1 Å². The van der Waals surface area contributed by atoms with E-state index in [4.69, 9.17) is 0 Å². The van der Waals surface area contributed by atoms with Crippen LogP contribution in [-0.4, -0.2) is 96.3 Å². The van der Waals surface area contributed by atoms with Gasteiger partial charge < -0.3 is 20.4 Å². The molecule has 0 atom stereocenters. The Morgan fingerprint density at radius 3 is 1.17 bits per heavy atom. The van der Waals surface area contributed by atoms with Crippen LogP contribution in [0.25, 0.3) is 0 Å². The molecule has 8 amide bonds. The molecule has 0 radical (unpaired) electrons. The van der Waals surface area contributed by atoms with Crippen LogP contribution in [0.2, 0.25) is 0 Å². The number of anilines is 2. The smallest absolute Gasteiger partial charge is 0.253 e. The summed E-state index contributed by atoms with van der Waals surface area (Å²) in [5.74, 6) is -3.35. The van der Waals surface area contributed by atoms with Crippen molar-refractivity contribution in [3.63, 3.8) is 0 Å². The number of rotatable bonds is 17. The van der Waals surface area contributed by atoms with Gasteiger partial charge in [-0.15, -0.1) is 0 Å². The maximum absolute atomic E-state index is 13.4. The van der Waals surface area contributed by atoms with E-state index >= 15 is 0 Å². The van der Waals surface area contributed by atoms with Crippen molar-refractivity contribution in [3.05, 3.63) is 85.0 Å². The highest BCUT2D eigenvalue weighted by Crippen LogP contribution is 2.18. The summed E-state index contributed by atoms with van der Waals surface area (Å²) in [5.41, 5.74) is 1.17. The summed E-state index contributed by atoms with van der Waals surface area (Å²) in [6.45, 7) is 0.315. The van der Waals surface area contributed by atoms with Crippen molar-refractivity contribution >= 4 is 58.6 Å². The van der Waals surface area contributed by atoms with E-state index in [1.807, 2.05) is 0 Å². The lowest BCUT2D eigenvalue weighted by Gasteiger charge is -2.25. The molecule has 0 fully saturated rings. The van der Waals surface area contributed by atoms with Crippen LogP contribution < -0.4 is 20.4 Å². The first-order valence-corrected chi connectivity index (χ1v) is 15.5. The minimum Gasteiger partial charge on any atom is -0.354 e. The molecule has 250 valence electrons. The van der Waals surface area contributed by atoms with Crippen LogP contribution in [0.5, 0.6) is 0 Å². The average molecular weight is 657 g/mol. The maximum Gasteiger partial charge on any atom is 0.253 e. The van der Waals surface area contributed by atoms with Crippen molar-refractivity contribution in [2.45, 2.75) is 25.7 Å². The topological polar surface area (TPSA) is 174 Å². The average Bonchev–Trinajstić information content (AvgIpc) is 3.59. The number of nitrogens with one attached hydrogen (secondary N) is 2. The Bertz CT molecular complexity index is 1450. The molecular weight excluding hydrogens is 620 g/mol. The first-order chi connectivity index (χ1) is 23.1. The number of para-hydroxylation sites is 2. The van der Waals surface area contributed by atoms with Crippen molar-refractivity contribution in [1.82, 2.24) is 20.4 Å². The summed E-state index contributed by atoms with van der Waals surface area (Å²) in [5, 5.41) is 5.41. The molecule has 0 aliphatic carbocycles. The molecule has 14 heteroatoms. The van der Waals surface area contributed by atoms with Crippen LogP contribution in [0.4, 0.5) is 11.4 Å². The van der Waals surface area contributed by atoms with E-state index in [0.29, 0.717) is 11.4 Å². The summed E-state index contributed by atoms with van der Waals surface area (Å²) in [6, 6.07) is 17.6. The van der Waals surface area contributed by atoms with E-state index in [2.05, 4.69) is 10.6 Å². The molecule has 0 saturated heterocycles. The van der Waals surface area contributed by atoms with Gasteiger partial charge in [0, 0.05) is 101 Å². The van der Waals surface area contributed by atoms with Gasteiger partial charge in [-0.05, 0) is 24.3 Å². The van der Waals surface area contributed by atoms with Crippen LogP contribution in [0.3, 0.4) is 0 Å². The van der Waals surface area contributed by atoms with Gasteiger partial charge in [-0.1, -0.05) is 36.4 Å². The number of imide groups is 2. The second kappa shape index (κ2) is 17.1. The van der Waals surface area contributed by atoms with Gasteiger partial charge in [0.1, 0.15) is 0 Å². The molecule has 0 bridgehead atoms. The van der Waals surface area contributed by atoms with Crippen LogP contribution >= 0.6 is 0 Å². The van der Waals surface area contributed by atoms with Crippen molar-refractivity contribution in [2.24, 2.45) is 0 Å². The molecule has 0 unspecified atom stereocenters. The quantitative estimate of drug-likeness (QED) is 0.234. The molecule has 2 aromatic rings. The molecule has 2 aliphatic heterocycles. The SMILES string of the molecule is O=C(CCN1C(=O)C=CC1=O)NCCN(C(=O)CCC(=O)N(CCNC(=O)CCN1C(=O)C=CC1=O)c1ccccc1)c1ccccc1. The molecule has 48 heavy (non-hydrogen) atoms. The van der Waals surface area contributed by atoms with Crippen LogP contribution in [0, 0.1) is 0 Å². The lowest BCUT2D eigenvalue weighted by molar-refractivity contribution is -0.139. The van der Waals surface area contributed by atoms with Crippen LogP contribution in [0.1, 0.15) is 25.7 Å². The molecule has 4 rings (SSSR count). The van der Waals surface area contributed by atoms with E-state index in [1.165, 1.54) is 9.80 Å². The third-order valence-corrected chi connectivity index (χ3v) is 7.53. The normalized spacial score (nSPS) is 13.7. The lowest BCUT2D eigenvalue weighted by atomic mass is 10.2. The van der Waals surface area contributed by atoms with Gasteiger partial charge in [0.25, 0.3) is 23.6 Å². The van der Waals surface area contributed by atoms with Gasteiger partial charge in [-0.25, -0.2) is 0 Å². The molecule has 2 N–H and O–H groups in total. The van der Waals surface area contributed by atoms with Crippen LogP contribution in [-0.2, 0) is 38.4 Å². The van der Waals surface area contributed by atoms with Crippen LogP contribution in [0.15, 0.2) is 85.0 Å². The zero-order chi connectivity index (χ0) is 34.5. The Kier molecular flexibility index (Phi) is 12.5. The van der Waals surface area contributed by atoms with Gasteiger partial charge >= 0.3 is 0 Å². The minimum absolute atomic E-state index is 0.0557. The molecule has 0 spiro atoms. The predicted octanol–water partition coefficient (Wildman–Crippen LogP) is 0.696. The standard InChI is InChI=1S/C34H36N6O8/c41-27(17-21-39-31(45)13-14-32(39)46)35-19-23-37(25-7-3-1-4-8-25)29(43)11-12-30(44)38(26-9-5-2-6-10-26)24-20-36-28(42)18-22-40-33(47)15-16-34(40)48/h1-10,13-16H,11-12,17-24H2,(H,35,41)(H,36,42). The number of benzene rings is 2. The molecule has 0 saturated carbocycles. The summed E-state index contributed by atoms with van der Waals surface area (Å²) in [4.78, 5) is 103. The molecule has 2 heterocycles. The zero-order valence-corrected chi connectivity index (χ0v) is 26.2. The monoisotopic (exact) mass is 656 g/mol. The molecule has 2 aromatic carbocycles. The van der Waals surface area contributed by atoms with Gasteiger partial charge in [0.05, 0.1) is 0 Å². The third-order valence-electron chi connectivity index (χ3n) is 7.53. The lowest BCUT2D eigenvalue weighted by Crippen LogP contribution is -2.41. The highest BCUT2D eigenvalue weighted by molar-refractivity contribution is 6.13. The number of carbonyl (C=O) groups is 8. The fraction of sp³-hybridized carbons (Fsp3) is 0.294. The van der Waals surface area contributed by atoms with Gasteiger partial charge in [0.2, 0.25) is 23.6 Å². The number of amides is 8. The van der Waals surface area contributed by atoms with Gasteiger partial charge in [0.15, 0.2) is 0 Å². The van der Waals surface area contributed by atoms with Gasteiger partial charge in [-0.3, -0.25) is 48.2 Å². The van der Waals surface area contributed by atoms with Crippen molar-refractivity contribution in [2.75, 3.05) is 49.1 Å². The Hall–Kier alpha value is -5.92. The van der Waals surface area contributed by atoms with E-state index in [-0.39, 0.29) is 76.8 Å². The molecule has 14 nitrogen and oxygen atoms in total. The number of hydrogen-bond donors (Lipinski definition) is 2. The first-order valence-electron chi connectivity index (χ1n) is 15.5. The Morgan fingerprint density at radius 1 is 0.500 bits per heavy atom. The van der Waals surface area contributed by atoms with Crippen molar-refractivity contribution in [1.29, 1.82) is 0 Å². The zero-order valence-electron chi connectivity index (χ0n) is 26.2. The summed E-state index contributed by atoms with van der Waals surface area (Å²) >= 11 is 0. The first kappa shape index (κ1) is 34.9. The highest BCUT2D eigenvalue weighted by Gasteiger charge is 2.25. The second-order valence-electron chi connectivity index (χ2n) is 10.8. The Morgan fingerprint density at radius 2 is 0.833 bits per heavy atom. The fourth-order valence-electron chi connectivity index (χ4n) is 5.02. The highest BCUT2D eigenvalue weighted by atomic mass is 16.2. The fourth-order valence-corrected chi connectivity index (χ4v) is 5.02. The maximum atomic E-state index is 13.4. The summed E-state index contributed by atoms with van der Waals surface area (Å²) in [7, 11) is 0. The number of hydrogen-bond acceptors (Lipinski definition) is 8. The minimum atomic E-state index is -0.470. The van der Waals surface area contributed by atoms with Gasteiger partial charge in [-0.2, -0.15) is 0 Å². The number of nitrogens with zero attached hydrogens (tertiary/aromatic N) is 4. The molecular formula is C34H36N6O8. The summed E-state index contributed by atoms with van der Waals surface area (Å²) < 4.78 is 0. The van der Waals surface area contributed by atoms with E-state index in [1.54, 1.807) is 60.7 Å². The van der Waals surface area contributed by atoms with E-state index in [9.17, 15) is 38.4 Å². The Labute approximate surface area is 277 Å². The predicted molar refractivity (Wildman–Crippen MR) is 174 cm³/mol. The third kappa shape index (κ3) is 9.79. The molecule has 0 aromatic heterocycles. The summed E-state index contributed by atoms with van der Waals surface area (Å²) in [6.07, 6.45) is 4.17. The van der Waals surface area contributed by atoms with Crippen molar-refractivity contribution < 1.29 is 38.4 Å². The number of carbonyl (C=O) groups excluding carboxylic acids is 8. The second-order valence-corrected chi connectivity index (χ2v) is 10.8. The largest absolute Gasteiger partial charge is 0.354 e. The van der Waals surface area contributed by atoms with Crippen molar-refractivity contribution in [3.8, 4) is 0 Å². The molecule has 2 aliphatic rings. The van der Waals surface area contributed by atoms with E-state index < -0.39 is 35.4 Å². The Balaban J connectivity index is 1.28.